The fraction of sp³-hybridized carbons (Fsp3) is 0.333. The second-order valence-electron chi connectivity index (χ2n) is 4.60. The largest absolute Gasteiger partial charge is 0.492 e. The van der Waals surface area contributed by atoms with Crippen molar-refractivity contribution in [2.24, 2.45) is 0 Å². The van der Waals surface area contributed by atoms with Gasteiger partial charge >= 0.3 is 0 Å². The number of nitrogens with one attached hydrogen (secondary N) is 2. The zero-order chi connectivity index (χ0) is 12.8. The Hall–Kier alpha value is -1.74. The van der Waals surface area contributed by atoms with Gasteiger partial charge in [0.25, 0.3) is 0 Å². The summed E-state index contributed by atoms with van der Waals surface area (Å²) in [7, 11) is 0. The maximum Gasteiger partial charge on any atom is 0.119 e. The Morgan fingerprint density at radius 2 is 2.00 bits per heavy atom. The molecule has 0 aliphatic rings. The minimum absolute atomic E-state index is 0.314. The predicted octanol–water partition coefficient (Wildman–Crippen LogP) is 2.88. The van der Waals surface area contributed by atoms with Crippen LogP contribution in [0, 0.1) is 6.92 Å². The second kappa shape index (κ2) is 6.26. The van der Waals surface area contributed by atoms with Crippen molar-refractivity contribution >= 4 is 0 Å². The standard InChI is InChI=1S/C15H20N2O/c1-12-5-7-15(8-6-12)18-11-13(2)17-10-14-4-3-9-16-14/h3-9,13,16-17H,10-11H2,1-2H3. The number of ether oxygens (including phenoxy) is 1. The predicted molar refractivity (Wildman–Crippen MR) is 73.8 cm³/mol. The zero-order valence-corrected chi connectivity index (χ0v) is 10.9. The zero-order valence-electron chi connectivity index (χ0n) is 10.9. The van der Waals surface area contributed by atoms with Crippen LogP contribution in [0.5, 0.6) is 5.75 Å². The van der Waals surface area contributed by atoms with Crippen molar-refractivity contribution in [3.05, 3.63) is 53.9 Å². The van der Waals surface area contributed by atoms with Crippen molar-refractivity contribution in [1.82, 2.24) is 10.3 Å². The van der Waals surface area contributed by atoms with E-state index < -0.39 is 0 Å². The molecule has 0 saturated heterocycles. The first-order valence-electron chi connectivity index (χ1n) is 6.29. The summed E-state index contributed by atoms with van der Waals surface area (Å²) >= 11 is 0. The lowest BCUT2D eigenvalue weighted by molar-refractivity contribution is 0.272. The van der Waals surface area contributed by atoms with Crippen LogP contribution in [0.2, 0.25) is 0 Å². The van der Waals surface area contributed by atoms with Crippen LogP contribution < -0.4 is 10.1 Å². The van der Waals surface area contributed by atoms with Crippen molar-refractivity contribution in [3.63, 3.8) is 0 Å². The van der Waals surface area contributed by atoms with Crippen LogP contribution in [0.25, 0.3) is 0 Å². The number of benzene rings is 1. The van der Waals surface area contributed by atoms with Gasteiger partial charge < -0.3 is 15.0 Å². The van der Waals surface area contributed by atoms with Gasteiger partial charge in [-0.05, 0) is 38.1 Å². The van der Waals surface area contributed by atoms with Gasteiger partial charge in [0.15, 0.2) is 0 Å². The van der Waals surface area contributed by atoms with E-state index in [9.17, 15) is 0 Å². The molecule has 0 fully saturated rings. The van der Waals surface area contributed by atoms with E-state index in [-0.39, 0.29) is 0 Å². The van der Waals surface area contributed by atoms with Crippen molar-refractivity contribution in [2.45, 2.75) is 26.4 Å². The molecular formula is C15H20N2O. The lowest BCUT2D eigenvalue weighted by Gasteiger charge is -2.14. The molecule has 1 aromatic heterocycles. The van der Waals surface area contributed by atoms with Crippen molar-refractivity contribution < 1.29 is 4.74 Å². The highest BCUT2D eigenvalue weighted by molar-refractivity contribution is 5.26. The highest BCUT2D eigenvalue weighted by atomic mass is 16.5. The molecule has 96 valence electrons. The van der Waals surface area contributed by atoms with Gasteiger partial charge in [-0.2, -0.15) is 0 Å². The topological polar surface area (TPSA) is 37.0 Å². The van der Waals surface area contributed by atoms with Gasteiger partial charge in [-0.15, -0.1) is 0 Å². The summed E-state index contributed by atoms with van der Waals surface area (Å²) in [6, 6.07) is 12.5. The van der Waals surface area contributed by atoms with Gasteiger partial charge in [-0.1, -0.05) is 17.7 Å². The smallest absolute Gasteiger partial charge is 0.119 e. The molecule has 0 aliphatic carbocycles. The van der Waals surface area contributed by atoms with Crippen LogP contribution in [-0.2, 0) is 6.54 Å². The van der Waals surface area contributed by atoms with E-state index in [1.165, 1.54) is 11.3 Å². The molecule has 3 heteroatoms. The van der Waals surface area contributed by atoms with Crippen LogP contribution in [0.4, 0.5) is 0 Å². The summed E-state index contributed by atoms with van der Waals surface area (Å²) in [6.45, 7) is 5.71. The Kier molecular flexibility index (Phi) is 4.42. The number of hydrogen-bond acceptors (Lipinski definition) is 2. The van der Waals surface area contributed by atoms with Crippen LogP contribution >= 0.6 is 0 Å². The van der Waals surface area contributed by atoms with Gasteiger partial charge in [0.05, 0.1) is 0 Å². The van der Waals surface area contributed by atoms with E-state index in [1.54, 1.807) is 0 Å². The highest BCUT2D eigenvalue weighted by Gasteiger charge is 2.03. The van der Waals surface area contributed by atoms with Gasteiger partial charge in [0, 0.05) is 24.5 Å². The summed E-state index contributed by atoms with van der Waals surface area (Å²) in [6.07, 6.45) is 1.94. The molecule has 2 aromatic rings. The summed E-state index contributed by atoms with van der Waals surface area (Å²) in [5.41, 5.74) is 2.44. The Morgan fingerprint density at radius 3 is 2.67 bits per heavy atom. The fourth-order valence-electron chi connectivity index (χ4n) is 1.68. The average molecular weight is 244 g/mol. The van der Waals surface area contributed by atoms with Crippen LogP contribution in [-0.4, -0.2) is 17.6 Å². The van der Waals surface area contributed by atoms with E-state index >= 15 is 0 Å². The Labute approximate surface area is 108 Å². The van der Waals surface area contributed by atoms with Crippen molar-refractivity contribution in [3.8, 4) is 5.75 Å². The summed E-state index contributed by atoms with van der Waals surface area (Å²) in [5.74, 6) is 0.925. The third kappa shape index (κ3) is 3.93. The summed E-state index contributed by atoms with van der Waals surface area (Å²) in [4.78, 5) is 3.17. The minimum Gasteiger partial charge on any atom is -0.492 e. The summed E-state index contributed by atoms with van der Waals surface area (Å²) < 4.78 is 5.72. The highest BCUT2D eigenvalue weighted by Crippen LogP contribution is 2.11. The van der Waals surface area contributed by atoms with E-state index in [4.69, 9.17) is 4.74 Å². The molecule has 0 spiro atoms. The first-order chi connectivity index (χ1) is 8.74. The molecule has 0 amide bonds. The fourth-order valence-corrected chi connectivity index (χ4v) is 1.68. The number of aromatic amines is 1. The molecule has 0 saturated carbocycles. The Bertz CT molecular complexity index is 448. The summed E-state index contributed by atoms with van der Waals surface area (Å²) in [5, 5.41) is 3.41. The maximum atomic E-state index is 5.72. The van der Waals surface area contributed by atoms with Gasteiger partial charge in [0.2, 0.25) is 0 Å². The van der Waals surface area contributed by atoms with Gasteiger partial charge in [-0.3, -0.25) is 0 Å². The maximum absolute atomic E-state index is 5.72. The lowest BCUT2D eigenvalue weighted by atomic mass is 10.2. The van der Waals surface area contributed by atoms with Crippen LogP contribution in [0.3, 0.4) is 0 Å². The third-order valence-electron chi connectivity index (χ3n) is 2.82. The van der Waals surface area contributed by atoms with E-state index in [2.05, 4.69) is 42.3 Å². The quantitative estimate of drug-likeness (QED) is 0.820. The number of H-pyrrole nitrogens is 1. The van der Waals surface area contributed by atoms with Crippen LogP contribution in [0.15, 0.2) is 42.6 Å². The van der Waals surface area contributed by atoms with Crippen molar-refractivity contribution in [1.29, 1.82) is 0 Å². The average Bonchev–Trinajstić information content (AvgIpc) is 2.89. The monoisotopic (exact) mass is 244 g/mol. The molecule has 1 heterocycles. The molecule has 1 unspecified atom stereocenters. The third-order valence-corrected chi connectivity index (χ3v) is 2.82. The number of rotatable bonds is 6. The molecule has 1 atom stereocenters. The van der Waals surface area contributed by atoms with Gasteiger partial charge in [0.1, 0.15) is 12.4 Å². The molecule has 18 heavy (non-hydrogen) atoms. The number of hydrogen-bond donors (Lipinski definition) is 2. The van der Waals surface area contributed by atoms with E-state index in [0.29, 0.717) is 12.6 Å². The van der Waals surface area contributed by atoms with Crippen LogP contribution in [0.1, 0.15) is 18.2 Å². The molecule has 2 rings (SSSR count). The normalized spacial score (nSPS) is 12.3. The van der Waals surface area contributed by atoms with Crippen molar-refractivity contribution in [2.75, 3.05) is 6.61 Å². The van der Waals surface area contributed by atoms with Gasteiger partial charge in [-0.25, -0.2) is 0 Å². The first-order valence-corrected chi connectivity index (χ1v) is 6.29. The molecule has 1 aromatic carbocycles. The minimum atomic E-state index is 0.314. The molecule has 0 radical (unpaired) electrons. The molecule has 0 bridgehead atoms. The first kappa shape index (κ1) is 12.7. The molecule has 0 aliphatic heterocycles. The number of aryl methyl sites for hydroxylation is 1. The Balaban J connectivity index is 1.71. The molecule has 3 nitrogen and oxygen atoms in total. The SMILES string of the molecule is Cc1ccc(OCC(C)NCc2ccc[nH]2)cc1. The van der Waals surface area contributed by atoms with E-state index in [0.717, 1.165) is 12.3 Å². The lowest BCUT2D eigenvalue weighted by Crippen LogP contribution is -2.31. The Morgan fingerprint density at radius 1 is 1.22 bits per heavy atom. The van der Waals surface area contributed by atoms with E-state index in [1.807, 2.05) is 24.4 Å². The molecular weight excluding hydrogens is 224 g/mol. The second-order valence-corrected chi connectivity index (χ2v) is 4.60. The molecule has 2 N–H and O–H groups in total. The number of aromatic nitrogens is 1.